The highest BCUT2D eigenvalue weighted by Crippen LogP contribution is 2.26. The lowest BCUT2D eigenvalue weighted by Gasteiger charge is -2.03. The van der Waals surface area contributed by atoms with E-state index in [1.807, 2.05) is 6.20 Å². The summed E-state index contributed by atoms with van der Waals surface area (Å²) < 4.78 is 0. The van der Waals surface area contributed by atoms with E-state index in [2.05, 4.69) is 68.9 Å². The predicted molar refractivity (Wildman–Crippen MR) is 79.1 cm³/mol. The number of aromatic amines is 2. The average molecular weight is 260 g/mol. The SMILES string of the molecule is c1cc2ccc(-c3ccc(-c4cn[nH]n4)cc3)cc2[nH]1. The molecule has 0 unspecified atom stereocenters. The van der Waals surface area contributed by atoms with Crippen LogP contribution in [0.2, 0.25) is 0 Å². The molecule has 4 aromatic rings. The van der Waals surface area contributed by atoms with Gasteiger partial charge in [-0.05, 0) is 28.6 Å². The Labute approximate surface area is 115 Å². The lowest BCUT2D eigenvalue weighted by Crippen LogP contribution is -1.81. The molecule has 2 N–H and O–H groups in total. The van der Waals surface area contributed by atoms with Gasteiger partial charge in [-0.15, -0.1) is 0 Å². The fourth-order valence-electron chi connectivity index (χ4n) is 2.40. The molecule has 2 heterocycles. The highest BCUT2D eigenvalue weighted by Gasteiger charge is 2.03. The minimum atomic E-state index is 0.858. The molecule has 0 bridgehead atoms. The Morgan fingerprint density at radius 2 is 1.60 bits per heavy atom. The van der Waals surface area contributed by atoms with Gasteiger partial charge in [0, 0.05) is 17.3 Å². The maximum absolute atomic E-state index is 4.08. The minimum absolute atomic E-state index is 0.858. The molecule has 0 fully saturated rings. The summed E-state index contributed by atoms with van der Waals surface area (Å²) in [7, 11) is 0. The van der Waals surface area contributed by atoms with E-state index in [1.165, 1.54) is 16.5 Å². The van der Waals surface area contributed by atoms with Crippen molar-refractivity contribution in [3.63, 3.8) is 0 Å². The first kappa shape index (κ1) is 11.0. The Kier molecular flexibility index (Phi) is 2.39. The number of benzene rings is 2. The number of H-pyrrole nitrogens is 2. The number of fused-ring (bicyclic) bond motifs is 1. The van der Waals surface area contributed by atoms with Gasteiger partial charge in [0.1, 0.15) is 5.69 Å². The molecule has 0 aliphatic heterocycles. The van der Waals surface area contributed by atoms with Crippen LogP contribution in [0.3, 0.4) is 0 Å². The molecule has 0 spiro atoms. The second-order valence-electron chi connectivity index (χ2n) is 4.71. The zero-order valence-corrected chi connectivity index (χ0v) is 10.7. The van der Waals surface area contributed by atoms with Crippen molar-refractivity contribution in [1.29, 1.82) is 0 Å². The molecular formula is C16H12N4. The number of rotatable bonds is 2. The number of hydrogen-bond donors (Lipinski definition) is 2. The van der Waals surface area contributed by atoms with Crippen LogP contribution in [0.15, 0.2) is 60.9 Å². The van der Waals surface area contributed by atoms with Crippen molar-refractivity contribution >= 4 is 10.9 Å². The number of nitrogens with one attached hydrogen (secondary N) is 2. The molecule has 0 aliphatic rings. The Balaban J connectivity index is 1.74. The monoisotopic (exact) mass is 260 g/mol. The van der Waals surface area contributed by atoms with E-state index < -0.39 is 0 Å². The van der Waals surface area contributed by atoms with Gasteiger partial charge in [0.15, 0.2) is 0 Å². The molecule has 0 aliphatic carbocycles. The molecule has 4 heteroatoms. The molecule has 0 amide bonds. The van der Waals surface area contributed by atoms with E-state index in [-0.39, 0.29) is 0 Å². The fourth-order valence-corrected chi connectivity index (χ4v) is 2.40. The van der Waals surface area contributed by atoms with E-state index in [9.17, 15) is 0 Å². The topological polar surface area (TPSA) is 57.4 Å². The average Bonchev–Trinajstić information content (AvgIpc) is 3.18. The van der Waals surface area contributed by atoms with Crippen LogP contribution in [-0.4, -0.2) is 20.4 Å². The quantitative estimate of drug-likeness (QED) is 0.578. The summed E-state index contributed by atoms with van der Waals surface area (Å²) >= 11 is 0. The van der Waals surface area contributed by atoms with Gasteiger partial charge in [-0.2, -0.15) is 15.4 Å². The van der Waals surface area contributed by atoms with Crippen LogP contribution in [-0.2, 0) is 0 Å². The van der Waals surface area contributed by atoms with Crippen LogP contribution in [0.25, 0.3) is 33.3 Å². The number of hydrogen-bond acceptors (Lipinski definition) is 2. The molecule has 20 heavy (non-hydrogen) atoms. The number of nitrogens with zero attached hydrogens (tertiary/aromatic N) is 2. The van der Waals surface area contributed by atoms with Crippen LogP contribution in [0.5, 0.6) is 0 Å². The summed E-state index contributed by atoms with van der Waals surface area (Å²) in [5.41, 5.74) is 5.46. The summed E-state index contributed by atoms with van der Waals surface area (Å²) in [4.78, 5) is 3.24. The second-order valence-corrected chi connectivity index (χ2v) is 4.71. The summed E-state index contributed by atoms with van der Waals surface area (Å²) in [6.07, 6.45) is 3.68. The zero-order valence-electron chi connectivity index (χ0n) is 10.7. The Morgan fingerprint density at radius 3 is 2.40 bits per heavy atom. The third kappa shape index (κ3) is 1.78. The molecule has 0 saturated carbocycles. The molecule has 0 radical (unpaired) electrons. The largest absolute Gasteiger partial charge is 0.361 e. The van der Waals surface area contributed by atoms with E-state index in [1.54, 1.807) is 6.20 Å². The van der Waals surface area contributed by atoms with Crippen LogP contribution < -0.4 is 0 Å². The third-order valence-corrected chi connectivity index (χ3v) is 3.48. The van der Waals surface area contributed by atoms with Crippen molar-refractivity contribution in [2.45, 2.75) is 0 Å². The van der Waals surface area contributed by atoms with E-state index in [4.69, 9.17) is 0 Å². The highest BCUT2D eigenvalue weighted by atomic mass is 15.3. The molecular weight excluding hydrogens is 248 g/mol. The fraction of sp³-hybridized carbons (Fsp3) is 0. The Hall–Kier alpha value is -2.88. The highest BCUT2D eigenvalue weighted by molar-refractivity contribution is 5.85. The van der Waals surface area contributed by atoms with E-state index in [0.29, 0.717) is 0 Å². The molecule has 4 nitrogen and oxygen atoms in total. The van der Waals surface area contributed by atoms with E-state index in [0.717, 1.165) is 16.8 Å². The molecule has 2 aromatic carbocycles. The van der Waals surface area contributed by atoms with Gasteiger partial charge in [0.05, 0.1) is 6.20 Å². The Bertz CT molecular complexity index is 842. The van der Waals surface area contributed by atoms with Crippen LogP contribution in [0, 0.1) is 0 Å². The first-order valence-corrected chi connectivity index (χ1v) is 6.44. The van der Waals surface area contributed by atoms with Crippen LogP contribution in [0.1, 0.15) is 0 Å². The van der Waals surface area contributed by atoms with Crippen molar-refractivity contribution < 1.29 is 0 Å². The smallest absolute Gasteiger partial charge is 0.112 e. The molecule has 2 aromatic heterocycles. The first-order chi connectivity index (χ1) is 9.90. The third-order valence-electron chi connectivity index (χ3n) is 3.48. The number of aromatic nitrogens is 4. The second kappa shape index (κ2) is 4.35. The predicted octanol–water partition coefficient (Wildman–Crippen LogP) is 3.62. The van der Waals surface area contributed by atoms with Crippen molar-refractivity contribution in [3.05, 3.63) is 60.9 Å². The van der Waals surface area contributed by atoms with Crippen molar-refractivity contribution in [3.8, 4) is 22.4 Å². The van der Waals surface area contributed by atoms with Gasteiger partial charge in [-0.1, -0.05) is 36.4 Å². The van der Waals surface area contributed by atoms with Gasteiger partial charge in [0.2, 0.25) is 0 Å². The normalized spacial score (nSPS) is 11.0. The van der Waals surface area contributed by atoms with Crippen LogP contribution in [0.4, 0.5) is 0 Å². The molecule has 4 rings (SSSR count). The minimum Gasteiger partial charge on any atom is -0.361 e. The van der Waals surface area contributed by atoms with Crippen molar-refractivity contribution in [2.24, 2.45) is 0 Å². The summed E-state index contributed by atoms with van der Waals surface area (Å²) in [5, 5.41) is 11.8. The van der Waals surface area contributed by atoms with Gasteiger partial charge < -0.3 is 4.98 Å². The standard InChI is InChI=1S/C16H12N4/c1-3-12(16-10-18-20-19-16)4-2-11(1)14-6-5-13-7-8-17-15(13)9-14/h1-10,17H,(H,18,19,20). The van der Waals surface area contributed by atoms with E-state index >= 15 is 0 Å². The van der Waals surface area contributed by atoms with Crippen molar-refractivity contribution in [1.82, 2.24) is 20.4 Å². The van der Waals surface area contributed by atoms with Crippen molar-refractivity contribution in [2.75, 3.05) is 0 Å². The molecule has 96 valence electrons. The van der Waals surface area contributed by atoms with Gasteiger partial charge in [-0.25, -0.2) is 0 Å². The summed E-state index contributed by atoms with van der Waals surface area (Å²) in [6.45, 7) is 0. The molecule has 0 saturated heterocycles. The van der Waals surface area contributed by atoms with Crippen LogP contribution >= 0.6 is 0 Å². The maximum Gasteiger partial charge on any atom is 0.112 e. The lowest BCUT2D eigenvalue weighted by molar-refractivity contribution is 0.942. The summed E-state index contributed by atoms with van der Waals surface area (Å²) in [6, 6.07) is 16.8. The first-order valence-electron chi connectivity index (χ1n) is 6.44. The molecule has 0 atom stereocenters. The Morgan fingerprint density at radius 1 is 0.800 bits per heavy atom. The summed E-state index contributed by atoms with van der Waals surface area (Å²) in [5.74, 6) is 0. The van der Waals surface area contributed by atoms with Gasteiger partial charge >= 0.3 is 0 Å². The van der Waals surface area contributed by atoms with Gasteiger partial charge in [-0.3, -0.25) is 0 Å². The lowest BCUT2D eigenvalue weighted by atomic mass is 10.0. The zero-order chi connectivity index (χ0) is 13.4. The van der Waals surface area contributed by atoms with Gasteiger partial charge in [0.25, 0.3) is 0 Å². The maximum atomic E-state index is 4.08.